The second kappa shape index (κ2) is 11.8. The van der Waals surface area contributed by atoms with E-state index in [1.807, 2.05) is 0 Å². The average molecular weight is 626 g/mol. The molecule has 0 saturated heterocycles. The Hall–Kier alpha value is -6.18. The van der Waals surface area contributed by atoms with Crippen molar-refractivity contribution >= 4 is 81.7 Å². The molecule has 0 atom stereocenters. The number of benzene rings is 10. The fourth-order valence-electron chi connectivity index (χ4n) is 7.70. The Kier molecular flexibility index (Phi) is 6.99. The first-order valence-electron chi connectivity index (χ1n) is 17.0. The molecule has 1 nitrogen and oxygen atoms in total. The lowest BCUT2D eigenvalue weighted by molar-refractivity contribution is 1.30. The first-order chi connectivity index (χ1) is 24.2. The Balaban J connectivity index is 0.000000138. The molecule has 0 unspecified atom stereocenters. The smallest absolute Gasteiger partial charge is 0.0540 e. The third kappa shape index (κ3) is 4.86. The molecule has 0 heterocycles. The van der Waals surface area contributed by atoms with Gasteiger partial charge < -0.3 is 4.90 Å². The lowest BCUT2D eigenvalue weighted by atomic mass is 9.89. The monoisotopic (exact) mass is 625 g/mol. The van der Waals surface area contributed by atoms with Gasteiger partial charge in [-0.3, -0.25) is 0 Å². The average Bonchev–Trinajstić information content (AvgIpc) is 3.16. The molecule has 0 aliphatic rings. The van der Waals surface area contributed by atoms with E-state index in [4.69, 9.17) is 0 Å². The van der Waals surface area contributed by atoms with Gasteiger partial charge in [0.2, 0.25) is 0 Å². The molecule has 0 spiro atoms. The predicted molar refractivity (Wildman–Crippen MR) is 213 cm³/mol. The number of rotatable bonds is 3. The van der Waals surface area contributed by atoms with Crippen LogP contribution in [0.25, 0.3) is 64.6 Å². The molecule has 0 amide bonds. The topological polar surface area (TPSA) is 3.24 Å². The van der Waals surface area contributed by atoms with Crippen molar-refractivity contribution in [3.63, 3.8) is 0 Å². The second-order valence-corrected chi connectivity index (χ2v) is 13.0. The Morgan fingerprint density at radius 3 is 1.35 bits per heavy atom. The summed E-state index contributed by atoms with van der Waals surface area (Å²) in [5.74, 6) is 0. The molecule has 0 aliphatic carbocycles. The fourth-order valence-corrected chi connectivity index (χ4v) is 7.70. The van der Waals surface area contributed by atoms with Crippen LogP contribution in [0.2, 0.25) is 0 Å². The molecule has 0 aromatic heterocycles. The van der Waals surface area contributed by atoms with E-state index in [1.54, 1.807) is 0 Å². The summed E-state index contributed by atoms with van der Waals surface area (Å²) in [7, 11) is 0. The maximum atomic E-state index is 2.38. The minimum atomic E-state index is 1.17. The molecule has 0 fully saturated rings. The molecule has 1 heteroatoms. The Morgan fingerprint density at radius 1 is 0.306 bits per heavy atom. The SMILES string of the molecule is Cc1ccc(N(c2cccc3ccccc23)c2cccc3ccccc23)cc1.Cc1ccc2c3cccc4cccc(c5cccc1c52)c43. The normalized spacial score (nSPS) is 11.5. The van der Waals surface area contributed by atoms with Crippen LogP contribution in [-0.4, -0.2) is 0 Å². The van der Waals surface area contributed by atoms with E-state index in [9.17, 15) is 0 Å². The van der Waals surface area contributed by atoms with E-state index >= 15 is 0 Å². The van der Waals surface area contributed by atoms with Gasteiger partial charge in [0.1, 0.15) is 0 Å². The van der Waals surface area contributed by atoms with E-state index in [2.05, 4.69) is 195 Å². The van der Waals surface area contributed by atoms with Crippen molar-refractivity contribution in [1.29, 1.82) is 0 Å². The molecule has 0 aliphatic heterocycles. The highest BCUT2D eigenvalue weighted by molar-refractivity contribution is 6.33. The van der Waals surface area contributed by atoms with Gasteiger partial charge in [0.15, 0.2) is 0 Å². The zero-order chi connectivity index (χ0) is 32.9. The van der Waals surface area contributed by atoms with Gasteiger partial charge >= 0.3 is 0 Å². The highest BCUT2D eigenvalue weighted by atomic mass is 15.1. The van der Waals surface area contributed by atoms with E-state index in [0.29, 0.717) is 0 Å². The third-order valence-corrected chi connectivity index (χ3v) is 10.1. The van der Waals surface area contributed by atoms with E-state index in [1.165, 1.54) is 92.8 Å². The van der Waals surface area contributed by atoms with Gasteiger partial charge in [-0.1, -0.05) is 157 Å². The van der Waals surface area contributed by atoms with E-state index in [0.717, 1.165) is 0 Å². The first-order valence-corrected chi connectivity index (χ1v) is 17.0. The van der Waals surface area contributed by atoms with Gasteiger partial charge in [-0.05, 0) is 97.5 Å². The van der Waals surface area contributed by atoms with Crippen molar-refractivity contribution in [2.24, 2.45) is 0 Å². The van der Waals surface area contributed by atoms with Gasteiger partial charge in [0, 0.05) is 16.5 Å². The highest BCUT2D eigenvalue weighted by Crippen LogP contribution is 2.43. The summed E-state index contributed by atoms with van der Waals surface area (Å²) in [5, 5.41) is 16.0. The highest BCUT2D eigenvalue weighted by Gasteiger charge is 2.17. The summed E-state index contributed by atoms with van der Waals surface area (Å²) in [6.07, 6.45) is 0. The number of nitrogens with zero attached hydrogens (tertiary/aromatic N) is 1. The quantitative estimate of drug-likeness (QED) is 0.139. The van der Waals surface area contributed by atoms with Crippen molar-refractivity contribution in [1.82, 2.24) is 0 Å². The van der Waals surface area contributed by atoms with Crippen LogP contribution in [0.1, 0.15) is 11.1 Å². The van der Waals surface area contributed by atoms with Gasteiger partial charge in [0.25, 0.3) is 0 Å². The number of hydrogen-bond donors (Lipinski definition) is 0. The van der Waals surface area contributed by atoms with E-state index in [-0.39, 0.29) is 0 Å². The van der Waals surface area contributed by atoms with Crippen molar-refractivity contribution in [2.45, 2.75) is 13.8 Å². The van der Waals surface area contributed by atoms with Crippen molar-refractivity contribution in [2.75, 3.05) is 4.90 Å². The van der Waals surface area contributed by atoms with Gasteiger partial charge in [-0.2, -0.15) is 0 Å². The van der Waals surface area contributed by atoms with Crippen LogP contribution in [0.4, 0.5) is 17.1 Å². The van der Waals surface area contributed by atoms with Crippen molar-refractivity contribution < 1.29 is 0 Å². The molecule has 232 valence electrons. The summed E-state index contributed by atoms with van der Waals surface area (Å²) in [6, 6.07) is 63.5. The van der Waals surface area contributed by atoms with E-state index < -0.39 is 0 Å². The first kappa shape index (κ1) is 29.0. The molecule has 0 radical (unpaired) electrons. The Morgan fingerprint density at radius 2 is 0.735 bits per heavy atom. The molecule has 0 bridgehead atoms. The molecule has 0 saturated carbocycles. The summed E-state index contributed by atoms with van der Waals surface area (Å²) in [6.45, 7) is 4.33. The molecule has 10 rings (SSSR count). The summed E-state index contributed by atoms with van der Waals surface area (Å²) in [5.41, 5.74) is 6.16. The van der Waals surface area contributed by atoms with Gasteiger partial charge in [-0.25, -0.2) is 0 Å². The van der Waals surface area contributed by atoms with Crippen LogP contribution >= 0.6 is 0 Å². The maximum Gasteiger partial charge on any atom is 0.0540 e. The standard InChI is InChI=1S/C27H21N.C21H14/c1-20-16-18-23(19-17-20)28(26-14-6-10-21-8-2-4-12-24(21)26)27-15-7-11-22-9-3-5-13-25(22)27;1-13-11-12-19-17-9-3-6-14-5-2-8-16(20(14)17)18-10-4-7-15(13)21(18)19/h2-19H,1H3;2-12H,1H3. The molecular formula is C48H35N. The zero-order valence-corrected chi connectivity index (χ0v) is 27.7. The molecule has 0 N–H and O–H groups in total. The van der Waals surface area contributed by atoms with Crippen LogP contribution in [0, 0.1) is 13.8 Å². The predicted octanol–water partition coefficient (Wildman–Crippen LogP) is 13.8. The summed E-state index contributed by atoms with van der Waals surface area (Å²) >= 11 is 0. The van der Waals surface area contributed by atoms with Gasteiger partial charge in [0.05, 0.1) is 11.4 Å². The largest absolute Gasteiger partial charge is 0.309 e. The number of aryl methyl sites for hydroxylation is 2. The third-order valence-electron chi connectivity index (χ3n) is 10.1. The second-order valence-electron chi connectivity index (χ2n) is 13.0. The van der Waals surface area contributed by atoms with Crippen LogP contribution in [0.5, 0.6) is 0 Å². The Bertz CT molecular complexity index is 2650. The lowest BCUT2D eigenvalue weighted by Crippen LogP contribution is -2.11. The van der Waals surface area contributed by atoms with Crippen molar-refractivity contribution in [3.8, 4) is 0 Å². The number of fused-ring (bicyclic) bond motifs is 4. The summed E-state index contributed by atoms with van der Waals surface area (Å²) < 4.78 is 0. The Labute approximate surface area is 286 Å². The molecule has 10 aromatic carbocycles. The van der Waals surface area contributed by atoms with Crippen molar-refractivity contribution in [3.05, 3.63) is 187 Å². The van der Waals surface area contributed by atoms with Gasteiger partial charge in [-0.15, -0.1) is 0 Å². The van der Waals surface area contributed by atoms with Crippen LogP contribution in [0.15, 0.2) is 176 Å². The molecule has 10 aromatic rings. The molecule has 49 heavy (non-hydrogen) atoms. The van der Waals surface area contributed by atoms with Crippen LogP contribution < -0.4 is 4.90 Å². The summed E-state index contributed by atoms with van der Waals surface area (Å²) in [4.78, 5) is 2.38. The maximum absolute atomic E-state index is 2.38. The van der Waals surface area contributed by atoms with Crippen LogP contribution in [0.3, 0.4) is 0 Å². The zero-order valence-electron chi connectivity index (χ0n) is 27.7. The minimum Gasteiger partial charge on any atom is -0.309 e. The van der Waals surface area contributed by atoms with Crippen LogP contribution in [-0.2, 0) is 0 Å². The molecular weight excluding hydrogens is 591 g/mol. The minimum absolute atomic E-state index is 1.17. The fraction of sp³-hybridized carbons (Fsp3) is 0.0417. The number of hydrogen-bond acceptors (Lipinski definition) is 1. The number of anilines is 3. The lowest BCUT2D eigenvalue weighted by Gasteiger charge is -2.28.